The molecule has 4 heterocycles. The van der Waals surface area contributed by atoms with Gasteiger partial charge in [-0.3, -0.25) is 28.6 Å². The molecule has 0 amide bonds. The molecule has 0 radical (unpaired) electrons. The van der Waals surface area contributed by atoms with Crippen molar-refractivity contribution in [3.05, 3.63) is 178 Å². The number of alkyl halides is 2. The van der Waals surface area contributed by atoms with Crippen LogP contribution in [0, 0.1) is 11.8 Å². The van der Waals surface area contributed by atoms with E-state index < -0.39 is 26.8 Å². The van der Waals surface area contributed by atoms with E-state index in [1.165, 1.54) is 5.56 Å². The molecule has 0 aliphatic carbocycles. The van der Waals surface area contributed by atoms with Gasteiger partial charge in [-0.25, -0.2) is 16.8 Å². The van der Waals surface area contributed by atoms with E-state index in [9.17, 15) is 30.8 Å². The van der Waals surface area contributed by atoms with Gasteiger partial charge in [0.15, 0.2) is 31.2 Å². The number of hydrogen-bond acceptors (Lipinski definition) is 11. The molecule has 1 N–H and O–H groups in total. The smallest absolute Gasteiger partial charge is 1.00 e. The molecule has 2 aliphatic rings. The van der Waals surface area contributed by atoms with E-state index in [2.05, 4.69) is 43.1 Å². The average Bonchev–Trinajstić information content (AvgIpc) is 4.18. The number of fused-ring (bicyclic) bond motifs is 2. The van der Waals surface area contributed by atoms with Gasteiger partial charge in [0.25, 0.3) is 6.47 Å². The van der Waals surface area contributed by atoms with Crippen molar-refractivity contribution in [1.29, 1.82) is 0 Å². The summed E-state index contributed by atoms with van der Waals surface area (Å²) in [5, 5.41) is 24.6. The second-order valence-corrected chi connectivity index (χ2v) is 23.0. The van der Waals surface area contributed by atoms with Gasteiger partial charge >= 0.3 is 138 Å². The topological polar surface area (TPSA) is 198 Å². The van der Waals surface area contributed by atoms with Crippen molar-refractivity contribution in [2.75, 3.05) is 30.2 Å². The van der Waals surface area contributed by atoms with Crippen LogP contribution in [0.25, 0.3) is 44.3 Å². The number of carbonyl (C=O) groups is 3. The number of nitrogens with one attached hydrogen (secondary N) is 1. The molecule has 2 aliphatic heterocycles. The summed E-state index contributed by atoms with van der Waals surface area (Å²) in [4.78, 5) is 36.8. The Hall–Kier alpha value is -1.98. The van der Waals surface area contributed by atoms with E-state index >= 15 is 0 Å². The molecular formula is C54H52BrCl2Cs2FN4O9S2. The van der Waals surface area contributed by atoms with E-state index in [0.717, 1.165) is 55.2 Å². The summed E-state index contributed by atoms with van der Waals surface area (Å²) >= 11 is 16.1. The number of H-pyrrole nitrogens is 1. The van der Waals surface area contributed by atoms with Gasteiger partial charge in [0.2, 0.25) is 0 Å². The number of carbonyl (C=O) groups excluding carboxylic acids is 3. The first-order valence-electron chi connectivity index (χ1n) is 23.5. The maximum atomic E-state index is 13.0. The molecule has 2 fully saturated rings. The van der Waals surface area contributed by atoms with Crippen LogP contribution in [0.3, 0.4) is 0 Å². The van der Waals surface area contributed by atoms with E-state index in [0.29, 0.717) is 40.6 Å². The van der Waals surface area contributed by atoms with Crippen LogP contribution < -0.4 is 143 Å². The van der Waals surface area contributed by atoms with Crippen LogP contribution in [0.1, 0.15) is 60.3 Å². The summed E-state index contributed by atoms with van der Waals surface area (Å²) in [6.45, 7) is 0.375. The summed E-state index contributed by atoms with van der Waals surface area (Å²) in [5.41, 5.74) is 8.35. The van der Waals surface area contributed by atoms with E-state index in [4.69, 9.17) is 39.7 Å². The van der Waals surface area contributed by atoms with E-state index in [-0.39, 0.29) is 205 Å². The fourth-order valence-corrected chi connectivity index (χ4v) is 13.1. The van der Waals surface area contributed by atoms with Gasteiger partial charge < -0.3 is 11.6 Å². The molecule has 2 aromatic heterocycles. The van der Waals surface area contributed by atoms with Crippen molar-refractivity contribution < 1.29 is 186 Å². The predicted molar refractivity (Wildman–Crippen MR) is 288 cm³/mol. The first-order chi connectivity index (χ1) is 35.6. The third kappa shape index (κ3) is 19.1. The second-order valence-electron chi connectivity index (χ2n) is 17.1. The third-order valence-electron chi connectivity index (χ3n) is 12.0. The molecule has 10 rings (SSSR count). The number of Topliss-reactive ketones (excluding diaryl/α,β-unsaturated/α-hetero) is 2. The SMILES string of the molecule is BrCc1ccccc1.O=C(CC1CCS(=O)(=O)C1)c1ccc2c(-c3ccccc3Cl)n[nH]c2c1.O=C(CC1CCS(=O)(=O)C1)c1ccc2c(-c3ccccc3Cl)nn(Cc3ccccc3)c2c1.O=CO[O-].[2H]CF.[Cs+].[Cs+].[H-]. The maximum Gasteiger partial charge on any atom is 1.00 e. The van der Waals surface area contributed by atoms with Gasteiger partial charge in [0.05, 0.1) is 59.2 Å². The first kappa shape index (κ1) is 63.9. The summed E-state index contributed by atoms with van der Waals surface area (Å²) < 4.78 is 64.1. The molecule has 0 bridgehead atoms. The molecule has 384 valence electrons. The third-order valence-corrected chi connectivity index (χ3v) is 17.0. The second kappa shape index (κ2) is 32.3. The van der Waals surface area contributed by atoms with Crippen molar-refractivity contribution in [1.82, 2.24) is 20.0 Å². The van der Waals surface area contributed by atoms with Crippen LogP contribution >= 0.6 is 39.1 Å². The molecule has 0 saturated carbocycles. The van der Waals surface area contributed by atoms with Gasteiger partial charge in [0, 0.05) is 51.2 Å². The van der Waals surface area contributed by atoms with Crippen LogP contribution in [0.4, 0.5) is 4.39 Å². The van der Waals surface area contributed by atoms with Gasteiger partial charge in [0.1, 0.15) is 11.4 Å². The van der Waals surface area contributed by atoms with Crippen LogP contribution in [-0.2, 0) is 41.2 Å². The van der Waals surface area contributed by atoms with Crippen LogP contribution in [0.5, 0.6) is 0 Å². The molecule has 6 aromatic carbocycles. The Balaban J connectivity index is 0.000000315. The number of aromatic nitrogens is 4. The average molecular weight is 1400 g/mol. The van der Waals surface area contributed by atoms with Gasteiger partial charge in [-0.1, -0.05) is 148 Å². The molecule has 2 unspecified atom stereocenters. The normalized spacial score (nSPS) is 15.8. The van der Waals surface area contributed by atoms with Crippen molar-refractivity contribution in [3.63, 3.8) is 0 Å². The molecule has 8 aromatic rings. The number of hydrogen-bond donors (Lipinski definition) is 1. The van der Waals surface area contributed by atoms with Crippen molar-refractivity contribution in [3.8, 4) is 22.5 Å². The number of ketones is 2. The fraction of sp³-hybridized carbons (Fsp3) is 0.241. The number of sulfone groups is 2. The Morgan fingerprint density at radius 2 is 1.20 bits per heavy atom. The molecular weight excluding hydrogens is 1350 g/mol. The molecule has 21 heteroatoms. The molecule has 2 atom stereocenters. The number of aromatic amines is 1. The number of halogens is 4. The van der Waals surface area contributed by atoms with Crippen LogP contribution in [-0.4, -0.2) is 85.0 Å². The molecule has 0 spiro atoms. The van der Waals surface area contributed by atoms with Crippen molar-refractivity contribution in [2.24, 2.45) is 11.8 Å². The summed E-state index contributed by atoms with van der Waals surface area (Å²) in [5.74, 6) is 0.315. The Labute approximate surface area is 575 Å². The minimum Gasteiger partial charge on any atom is -1.00 e. The van der Waals surface area contributed by atoms with E-state index in [1.807, 2.05) is 126 Å². The number of nitrogens with zero attached hydrogens (tertiary/aromatic N) is 3. The van der Waals surface area contributed by atoms with Crippen molar-refractivity contribution >= 4 is 98.7 Å². The summed E-state index contributed by atoms with van der Waals surface area (Å²) in [6.07, 6.45) is 1.63. The van der Waals surface area contributed by atoms with Gasteiger partial charge in [-0.05, 0) is 72.2 Å². The Kier molecular flexibility index (Phi) is 27.5. The van der Waals surface area contributed by atoms with Crippen molar-refractivity contribution in [2.45, 2.75) is 37.6 Å². The Morgan fingerprint density at radius 3 is 1.65 bits per heavy atom. The summed E-state index contributed by atoms with van der Waals surface area (Å²) in [6, 6.07) is 46.4. The zero-order chi connectivity index (χ0) is 53.3. The Bertz CT molecular complexity index is 3430. The minimum atomic E-state index is -3.01. The zero-order valence-corrected chi connectivity index (χ0v) is 58.5. The number of benzene rings is 6. The van der Waals surface area contributed by atoms with Crippen LogP contribution in [0.15, 0.2) is 146 Å². The fourth-order valence-electron chi connectivity index (χ4n) is 8.52. The first-order valence-corrected chi connectivity index (χ1v) is 28.3. The largest absolute Gasteiger partial charge is 1.00 e. The molecule has 13 nitrogen and oxygen atoms in total. The van der Waals surface area contributed by atoms with Crippen LogP contribution in [0.2, 0.25) is 10.0 Å². The standard InChI is InChI=1S/C26H23ClN2O3S.C19H17ClN2O3S.C7H7Br.CH3F.CH2O3.2Cs.H/c27-23-9-5-4-8-21(23)26-22-11-10-20(25(30)14-19-12-13-33(31,32)17-19)15-24(22)29(28-26)16-18-6-2-1-3-7-18;20-16-4-2-1-3-14(16)19-15-6-5-13(10-17(15)21-22-19)18(23)9-12-7-8-26(24,25)11-12;8-6-7-4-2-1-3-5-7;1-2;2-1-4-3;;;/h1-11,15,19H,12-14,16-17H2;1-6,10,12H,7-9,11H2,(H,21,22);1-5H,6H2;1H3;1,3H;;;/q;;;;;2*+1;-1/p-1/i;;;1D;;;;. The quantitative estimate of drug-likeness (QED) is 0.0567. The van der Waals surface area contributed by atoms with Gasteiger partial charge in [-0.2, -0.15) is 10.2 Å². The molecule has 2 saturated heterocycles. The summed E-state index contributed by atoms with van der Waals surface area (Å²) in [7, 11) is -6.98. The minimum absolute atomic E-state index is 0. The number of rotatable bonds is 12. The monoisotopic (exact) mass is 1400 g/mol. The Morgan fingerprint density at radius 1 is 0.747 bits per heavy atom. The zero-order valence-electron chi connectivity index (χ0n) is 43.2. The molecule has 75 heavy (non-hydrogen) atoms. The maximum absolute atomic E-state index is 13.0. The van der Waals surface area contributed by atoms with Gasteiger partial charge in [-0.15, -0.1) is 0 Å². The predicted octanol–water partition coefficient (Wildman–Crippen LogP) is 5.03. The van der Waals surface area contributed by atoms with E-state index in [1.54, 1.807) is 12.1 Å².